The second-order valence-corrected chi connectivity index (χ2v) is 4.82. The minimum Gasteiger partial charge on any atom is -0.759 e. The molecule has 0 aromatic heterocycles. The Balaban J connectivity index is 0.000000368. The fourth-order valence-corrected chi connectivity index (χ4v) is 1.30. The van der Waals surface area contributed by atoms with Crippen molar-refractivity contribution in [2.45, 2.75) is 0 Å². The number of benzene rings is 2. The van der Waals surface area contributed by atoms with Crippen LogP contribution in [0.4, 0.5) is 11.4 Å². The molecule has 25 heavy (non-hydrogen) atoms. The Bertz CT molecular complexity index is 758. The van der Waals surface area contributed by atoms with Crippen molar-refractivity contribution in [3.63, 3.8) is 0 Å². The number of methoxy groups -OCH3 is 2. The summed E-state index contributed by atoms with van der Waals surface area (Å²) in [6.07, 6.45) is 0. The Morgan fingerprint density at radius 3 is 1.16 bits per heavy atom. The molecule has 0 amide bonds. The van der Waals surface area contributed by atoms with E-state index in [2.05, 4.69) is 9.95 Å². The summed E-state index contributed by atoms with van der Waals surface area (Å²) in [7, 11) is -1.99. The molecule has 0 unspecified atom stereocenters. The number of hydrogen-bond acceptors (Lipinski definition) is 8. The van der Waals surface area contributed by atoms with Gasteiger partial charge < -0.3 is 18.6 Å². The number of diazo groups is 2. The topological polar surface area (TPSA) is 155 Å². The lowest BCUT2D eigenvalue weighted by molar-refractivity contribution is 0.352. The van der Waals surface area contributed by atoms with Crippen molar-refractivity contribution in [1.82, 2.24) is 0 Å². The first-order valence-corrected chi connectivity index (χ1v) is 7.71. The molecule has 0 aliphatic rings. The maximum atomic E-state index is 8.52. The van der Waals surface area contributed by atoms with Crippen LogP contribution in [-0.4, -0.2) is 31.7 Å². The molecule has 0 aliphatic carbocycles. The third-order valence-electron chi connectivity index (χ3n) is 2.38. The van der Waals surface area contributed by atoms with E-state index in [1.807, 2.05) is 0 Å². The number of hydrogen-bond donors (Lipinski definition) is 0. The average Bonchev–Trinajstić information content (AvgIpc) is 2.61. The highest BCUT2D eigenvalue weighted by Gasteiger charge is 2.01. The summed E-state index contributed by atoms with van der Waals surface area (Å²) >= 11 is 0. The first kappa shape index (κ1) is 21.8. The molecular weight excluding hydrogens is 352 g/mol. The number of ether oxygens (including phenoxy) is 2. The summed E-state index contributed by atoms with van der Waals surface area (Å²) < 4.78 is 43.9. The van der Waals surface area contributed by atoms with E-state index in [1.54, 1.807) is 62.8 Å². The Hall–Kier alpha value is -3.25. The third kappa shape index (κ3) is 11.9. The van der Waals surface area contributed by atoms with E-state index in [9.17, 15) is 0 Å². The van der Waals surface area contributed by atoms with Crippen LogP contribution in [0.25, 0.3) is 9.95 Å². The molecule has 2 aromatic rings. The maximum absolute atomic E-state index is 8.52. The summed E-state index contributed by atoms with van der Waals surface area (Å²) in [5, 5.41) is 16.6. The smallest absolute Gasteiger partial charge is 0.385 e. The van der Waals surface area contributed by atoms with Gasteiger partial charge in [0.15, 0.2) is 9.95 Å². The van der Waals surface area contributed by atoms with Gasteiger partial charge in [-0.25, -0.2) is 0 Å². The largest absolute Gasteiger partial charge is 0.759 e. The lowest BCUT2D eigenvalue weighted by Gasteiger charge is -2.06. The molecule has 0 spiro atoms. The van der Waals surface area contributed by atoms with E-state index in [1.165, 1.54) is 0 Å². The Morgan fingerprint density at radius 2 is 1.00 bits per heavy atom. The van der Waals surface area contributed by atoms with E-state index < -0.39 is 10.4 Å². The molecule has 0 aliphatic heterocycles. The highest BCUT2D eigenvalue weighted by molar-refractivity contribution is 7.79. The van der Waals surface area contributed by atoms with Gasteiger partial charge in [0.1, 0.15) is 11.5 Å². The zero-order chi connectivity index (χ0) is 19.3. The first-order valence-electron chi connectivity index (χ1n) is 6.38. The van der Waals surface area contributed by atoms with Crippen molar-refractivity contribution in [2.75, 3.05) is 14.2 Å². The lowest BCUT2D eigenvalue weighted by atomic mass is 10.3. The Labute approximate surface area is 144 Å². The van der Waals surface area contributed by atoms with Crippen LogP contribution in [-0.2, 0) is 10.4 Å². The van der Waals surface area contributed by atoms with Crippen LogP contribution in [0.2, 0.25) is 0 Å². The quantitative estimate of drug-likeness (QED) is 0.446. The van der Waals surface area contributed by atoms with Gasteiger partial charge >= 0.3 is 11.4 Å². The van der Waals surface area contributed by atoms with E-state index in [4.69, 9.17) is 37.8 Å². The standard InChI is InChI=1S/2C7H7N2O.H2O4S/c2*1-10-7-4-2-6(9-8)3-5-7;1-5(2,3)4/h2*2-5H,1H3;(H2,1,2,3,4)/q2*+1;/p-2. The molecule has 0 N–H and O–H groups in total. The highest BCUT2D eigenvalue weighted by atomic mass is 32.3. The van der Waals surface area contributed by atoms with E-state index in [0.717, 1.165) is 11.5 Å². The summed E-state index contributed by atoms with van der Waals surface area (Å²) in [6.45, 7) is 0. The molecule has 0 saturated carbocycles. The summed E-state index contributed by atoms with van der Waals surface area (Å²) in [5.41, 5.74) is 1.06. The first-order chi connectivity index (χ1) is 11.7. The predicted octanol–water partition coefficient (Wildman–Crippen LogP) is 3.02. The Kier molecular flexibility index (Phi) is 9.84. The van der Waals surface area contributed by atoms with Crippen LogP contribution in [0, 0.1) is 10.8 Å². The molecule has 132 valence electrons. The minimum absolute atomic E-state index is 0.529. The highest BCUT2D eigenvalue weighted by Crippen LogP contribution is 2.17. The zero-order valence-corrected chi connectivity index (χ0v) is 14.1. The van der Waals surface area contributed by atoms with Crippen LogP contribution < -0.4 is 9.47 Å². The number of rotatable bonds is 2. The van der Waals surface area contributed by atoms with Crippen molar-refractivity contribution in [2.24, 2.45) is 0 Å². The van der Waals surface area contributed by atoms with Crippen molar-refractivity contribution in [1.29, 1.82) is 10.8 Å². The van der Waals surface area contributed by atoms with E-state index >= 15 is 0 Å². The van der Waals surface area contributed by atoms with Gasteiger partial charge in [-0.05, 0) is 24.3 Å². The van der Waals surface area contributed by atoms with Crippen molar-refractivity contribution in [3.05, 3.63) is 58.5 Å². The number of nitrogens with zero attached hydrogens (tertiary/aromatic N) is 4. The van der Waals surface area contributed by atoms with Crippen molar-refractivity contribution >= 4 is 21.8 Å². The van der Waals surface area contributed by atoms with Gasteiger partial charge in [0.2, 0.25) is 10.8 Å². The summed E-state index contributed by atoms with van der Waals surface area (Å²) in [5.74, 6) is 1.51. The molecule has 0 atom stereocenters. The Morgan fingerprint density at radius 1 is 0.760 bits per heavy atom. The second kappa shape index (κ2) is 11.3. The fourth-order valence-electron chi connectivity index (χ4n) is 1.30. The van der Waals surface area contributed by atoms with Gasteiger partial charge in [0.25, 0.3) is 0 Å². The van der Waals surface area contributed by atoms with Crippen molar-refractivity contribution < 1.29 is 27.0 Å². The monoisotopic (exact) mass is 366 g/mol. The molecule has 0 bridgehead atoms. The van der Waals surface area contributed by atoms with Gasteiger partial charge in [-0.15, -0.1) is 0 Å². The van der Waals surface area contributed by atoms with Crippen LogP contribution >= 0.6 is 0 Å². The van der Waals surface area contributed by atoms with Gasteiger partial charge in [-0.2, -0.15) is 0 Å². The average molecular weight is 366 g/mol. The normalized spacial score (nSPS) is 9.04. The van der Waals surface area contributed by atoms with Gasteiger partial charge in [0, 0.05) is 34.7 Å². The molecule has 2 aromatic carbocycles. The lowest BCUT2D eigenvalue weighted by Crippen LogP contribution is -1.91. The predicted molar refractivity (Wildman–Crippen MR) is 86.0 cm³/mol. The molecule has 0 saturated heterocycles. The van der Waals surface area contributed by atoms with Gasteiger partial charge in [-0.3, -0.25) is 8.42 Å². The van der Waals surface area contributed by atoms with Crippen LogP contribution in [0.15, 0.2) is 48.5 Å². The van der Waals surface area contributed by atoms with Gasteiger partial charge in [-0.1, -0.05) is 0 Å². The third-order valence-corrected chi connectivity index (χ3v) is 2.38. The van der Waals surface area contributed by atoms with E-state index in [-0.39, 0.29) is 0 Å². The van der Waals surface area contributed by atoms with E-state index in [0.29, 0.717) is 11.4 Å². The van der Waals surface area contributed by atoms with Crippen molar-refractivity contribution in [3.8, 4) is 11.5 Å². The molecule has 0 radical (unpaired) electrons. The summed E-state index contributed by atoms with van der Waals surface area (Å²) in [4.78, 5) is 5.98. The molecule has 2 rings (SSSR count). The van der Waals surface area contributed by atoms with Crippen LogP contribution in [0.5, 0.6) is 11.5 Å². The SMILES string of the molecule is COc1ccc([N+]#N)cc1.COc1ccc([N+]#N)cc1.O=S(=O)([O-])[O-]. The summed E-state index contributed by atoms with van der Waals surface area (Å²) in [6, 6.07) is 13.6. The molecular formula is C14H14N4O6S. The van der Waals surface area contributed by atoms with Crippen LogP contribution in [0.1, 0.15) is 0 Å². The van der Waals surface area contributed by atoms with Crippen LogP contribution in [0.3, 0.4) is 0 Å². The maximum Gasteiger partial charge on any atom is 0.385 e. The molecule has 10 nitrogen and oxygen atoms in total. The fraction of sp³-hybridized carbons (Fsp3) is 0.143. The van der Waals surface area contributed by atoms with Gasteiger partial charge in [0.05, 0.1) is 14.2 Å². The second-order valence-electron chi connectivity index (χ2n) is 4.00. The molecule has 0 fully saturated rings. The zero-order valence-electron chi connectivity index (χ0n) is 13.3. The minimum atomic E-state index is -5.17. The molecule has 11 heteroatoms. The molecule has 0 heterocycles.